The van der Waals surface area contributed by atoms with Gasteiger partial charge in [0.2, 0.25) is 5.69 Å². The molecule has 3 N–H and O–H groups in total. The molecule has 0 spiro atoms. The van der Waals surface area contributed by atoms with Gasteiger partial charge in [0, 0.05) is 18.3 Å². The Morgan fingerprint density at radius 1 is 0.632 bits per heavy atom. The number of ether oxygens (including phenoxy) is 2. The van der Waals surface area contributed by atoms with Gasteiger partial charge in [0.15, 0.2) is 29.2 Å². The Morgan fingerprint density at radius 2 is 1.13 bits per heavy atom. The highest BCUT2D eigenvalue weighted by atomic mass is 16.5. The number of aromatic hydroxyl groups is 2. The van der Waals surface area contributed by atoms with Crippen molar-refractivity contribution in [3.8, 4) is 34.4 Å². The first-order valence-electron chi connectivity index (χ1n) is 12.0. The molecule has 0 atom stereocenters. The average Bonchev–Trinajstić information content (AvgIpc) is 2.95. The molecule has 38 heavy (non-hydrogen) atoms. The van der Waals surface area contributed by atoms with Crippen LogP contribution < -0.4 is 14.5 Å². The molecule has 2 aromatic heterocycles. The van der Waals surface area contributed by atoms with Crippen molar-refractivity contribution >= 4 is 24.3 Å². The SMILES string of the molecule is COc1cc(/C=C\C=C\c2ccnc(-c3cc(/C=C/C=C\c4ccc(O)c(OC)c4)cc[nH+]3)c2)ccc1O. The number of hydrogen-bond donors (Lipinski definition) is 2. The zero-order chi connectivity index (χ0) is 26.7. The van der Waals surface area contributed by atoms with Crippen LogP contribution in [-0.2, 0) is 0 Å². The molecule has 0 amide bonds. The number of aromatic amines is 1. The van der Waals surface area contributed by atoms with Crippen molar-refractivity contribution in [2.24, 2.45) is 0 Å². The molecule has 190 valence electrons. The van der Waals surface area contributed by atoms with E-state index >= 15 is 0 Å². The van der Waals surface area contributed by atoms with Crippen molar-refractivity contribution in [2.75, 3.05) is 14.2 Å². The van der Waals surface area contributed by atoms with Gasteiger partial charge >= 0.3 is 0 Å². The fraction of sp³-hybridized carbons (Fsp3) is 0.0625. The van der Waals surface area contributed by atoms with E-state index in [0.717, 1.165) is 33.6 Å². The number of methoxy groups -OCH3 is 2. The van der Waals surface area contributed by atoms with Gasteiger partial charge in [0.1, 0.15) is 5.69 Å². The van der Waals surface area contributed by atoms with Crippen LogP contribution in [0.25, 0.3) is 35.7 Å². The van der Waals surface area contributed by atoms with E-state index in [-0.39, 0.29) is 11.5 Å². The van der Waals surface area contributed by atoms with E-state index in [1.165, 1.54) is 14.2 Å². The highest BCUT2D eigenvalue weighted by Crippen LogP contribution is 2.27. The molecule has 2 heterocycles. The van der Waals surface area contributed by atoms with E-state index in [0.29, 0.717) is 11.5 Å². The van der Waals surface area contributed by atoms with Gasteiger partial charge in [-0.3, -0.25) is 0 Å². The van der Waals surface area contributed by atoms with Crippen LogP contribution >= 0.6 is 0 Å². The van der Waals surface area contributed by atoms with Crippen LogP contribution in [-0.4, -0.2) is 29.4 Å². The Labute approximate surface area is 222 Å². The number of rotatable bonds is 9. The number of benzene rings is 2. The third-order valence-corrected chi connectivity index (χ3v) is 5.67. The molecule has 0 saturated heterocycles. The molecular formula is C32H29N2O4+. The summed E-state index contributed by atoms with van der Waals surface area (Å²) in [6.07, 6.45) is 19.4. The van der Waals surface area contributed by atoms with Gasteiger partial charge in [-0.15, -0.1) is 0 Å². The minimum absolute atomic E-state index is 0.118. The lowest BCUT2D eigenvalue weighted by atomic mass is 10.1. The minimum atomic E-state index is 0.118. The first-order chi connectivity index (χ1) is 18.6. The molecule has 0 saturated carbocycles. The summed E-state index contributed by atoms with van der Waals surface area (Å²) >= 11 is 0. The third kappa shape index (κ3) is 6.98. The zero-order valence-corrected chi connectivity index (χ0v) is 21.2. The molecule has 0 fully saturated rings. The quantitative estimate of drug-likeness (QED) is 0.256. The molecular weight excluding hydrogens is 476 g/mol. The summed E-state index contributed by atoms with van der Waals surface area (Å²) in [5.74, 6) is 1.12. The maximum absolute atomic E-state index is 9.72. The second-order valence-electron chi connectivity index (χ2n) is 8.31. The normalized spacial score (nSPS) is 11.7. The summed E-state index contributed by atoms with van der Waals surface area (Å²) in [6.45, 7) is 0. The van der Waals surface area contributed by atoms with Crippen molar-refractivity contribution in [3.05, 3.63) is 120 Å². The number of nitrogens with zero attached hydrogens (tertiary/aromatic N) is 1. The topological polar surface area (TPSA) is 86.0 Å². The Morgan fingerprint density at radius 3 is 1.66 bits per heavy atom. The van der Waals surface area contributed by atoms with Crippen molar-refractivity contribution in [2.45, 2.75) is 0 Å². The van der Waals surface area contributed by atoms with E-state index in [1.54, 1.807) is 30.5 Å². The Kier molecular flexibility index (Phi) is 8.71. The summed E-state index contributed by atoms with van der Waals surface area (Å²) in [6, 6.07) is 18.4. The van der Waals surface area contributed by atoms with Crippen LogP contribution in [0.2, 0.25) is 0 Å². The average molecular weight is 506 g/mol. The molecule has 0 unspecified atom stereocenters. The fourth-order valence-corrected chi connectivity index (χ4v) is 3.70. The number of H-pyrrole nitrogens is 1. The first-order valence-corrected chi connectivity index (χ1v) is 12.0. The Bertz CT molecular complexity index is 1400. The molecule has 4 aromatic rings. The lowest BCUT2D eigenvalue weighted by Crippen LogP contribution is -2.06. The number of phenols is 2. The summed E-state index contributed by atoms with van der Waals surface area (Å²) in [5.41, 5.74) is 5.64. The number of hydrogen-bond acceptors (Lipinski definition) is 5. The molecule has 0 aliphatic heterocycles. The molecule has 6 heteroatoms. The van der Waals surface area contributed by atoms with Crippen LogP contribution in [0.4, 0.5) is 0 Å². The van der Waals surface area contributed by atoms with Crippen molar-refractivity contribution < 1.29 is 24.7 Å². The summed E-state index contributed by atoms with van der Waals surface area (Å²) < 4.78 is 10.3. The number of nitrogens with one attached hydrogen (secondary N) is 1. The van der Waals surface area contributed by atoms with Gasteiger partial charge in [0.05, 0.1) is 14.2 Å². The van der Waals surface area contributed by atoms with E-state index in [2.05, 4.69) is 9.97 Å². The molecule has 0 aliphatic rings. The van der Waals surface area contributed by atoms with Gasteiger partial charge in [0.25, 0.3) is 0 Å². The predicted octanol–water partition coefficient (Wildman–Crippen LogP) is 6.44. The summed E-state index contributed by atoms with van der Waals surface area (Å²) in [5, 5.41) is 19.4. The van der Waals surface area contributed by atoms with Crippen molar-refractivity contribution in [3.63, 3.8) is 0 Å². The zero-order valence-electron chi connectivity index (χ0n) is 21.2. The maximum atomic E-state index is 9.72. The highest BCUT2D eigenvalue weighted by molar-refractivity contribution is 5.65. The van der Waals surface area contributed by atoms with Crippen LogP contribution in [0.15, 0.2) is 97.4 Å². The predicted molar refractivity (Wildman–Crippen MR) is 152 cm³/mol. The van der Waals surface area contributed by atoms with Crippen LogP contribution in [0, 0.1) is 0 Å². The van der Waals surface area contributed by atoms with Crippen molar-refractivity contribution in [1.29, 1.82) is 0 Å². The van der Waals surface area contributed by atoms with Gasteiger partial charge in [-0.25, -0.2) is 9.97 Å². The van der Waals surface area contributed by atoms with Gasteiger partial charge in [-0.2, -0.15) is 0 Å². The monoisotopic (exact) mass is 505 g/mol. The van der Waals surface area contributed by atoms with Gasteiger partial charge in [-0.05, 0) is 58.7 Å². The molecule has 0 aliphatic carbocycles. The molecule has 4 rings (SSSR count). The second-order valence-corrected chi connectivity index (χ2v) is 8.31. The van der Waals surface area contributed by atoms with E-state index in [4.69, 9.17) is 9.47 Å². The lowest BCUT2D eigenvalue weighted by molar-refractivity contribution is -0.364. The van der Waals surface area contributed by atoms with E-state index in [1.807, 2.05) is 91.2 Å². The molecule has 2 aromatic carbocycles. The highest BCUT2D eigenvalue weighted by Gasteiger charge is 2.07. The van der Waals surface area contributed by atoms with Crippen LogP contribution in [0.1, 0.15) is 22.3 Å². The maximum Gasteiger partial charge on any atom is 0.230 e. The fourth-order valence-electron chi connectivity index (χ4n) is 3.70. The van der Waals surface area contributed by atoms with E-state index < -0.39 is 0 Å². The smallest absolute Gasteiger partial charge is 0.230 e. The number of aromatic nitrogens is 2. The lowest BCUT2D eigenvalue weighted by Gasteiger charge is -2.03. The number of pyridine rings is 2. The van der Waals surface area contributed by atoms with Crippen LogP contribution in [0.3, 0.4) is 0 Å². The summed E-state index contributed by atoms with van der Waals surface area (Å²) in [7, 11) is 3.06. The number of phenolic OH excluding ortho intramolecular Hbond substituents is 2. The summed E-state index contributed by atoms with van der Waals surface area (Å²) in [4.78, 5) is 7.79. The standard InChI is InChI=1S/C32H28N2O4/c1-37-31-21-23(11-13-29(31)35)7-3-5-9-25-15-17-33-27(19-25)28-20-26(16-18-34-28)10-6-4-8-24-12-14-30(36)32(22-24)38-2/h3-22,35-36H,1-2H3/p+1/b7-3-,8-4-,9-5+,10-6+. The molecule has 6 nitrogen and oxygen atoms in total. The molecule has 0 bridgehead atoms. The Hall–Kier alpha value is -5.10. The molecule has 0 radical (unpaired) electrons. The minimum Gasteiger partial charge on any atom is -0.504 e. The van der Waals surface area contributed by atoms with Gasteiger partial charge in [-0.1, -0.05) is 60.7 Å². The van der Waals surface area contributed by atoms with Crippen LogP contribution in [0.5, 0.6) is 23.0 Å². The third-order valence-electron chi connectivity index (χ3n) is 5.67. The second kappa shape index (κ2) is 12.7. The number of allylic oxidation sites excluding steroid dienone is 4. The first kappa shape index (κ1) is 26.0. The largest absolute Gasteiger partial charge is 0.504 e. The Balaban J connectivity index is 1.42. The van der Waals surface area contributed by atoms with E-state index in [9.17, 15) is 10.2 Å². The van der Waals surface area contributed by atoms with Gasteiger partial charge < -0.3 is 19.7 Å². The van der Waals surface area contributed by atoms with Crippen molar-refractivity contribution in [1.82, 2.24) is 4.98 Å².